The number of ketones is 2. The Labute approximate surface area is 188 Å². The number of hydrogen-bond donors (Lipinski definition) is 3. The maximum Gasteiger partial charge on any atom is 0.271 e. The second kappa shape index (κ2) is 8.10. The summed E-state index contributed by atoms with van der Waals surface area (Å²) in [6, 6.07) is 1.24. The number of carbonyl (C=O) groups excluding carboxylic acids is 4. The van der Waals surface area contributed by atoms with Crippen molar-refractivity contribution in [1.82, 2.24) is 10.9 Å². The lowest BCUT2D eigenvalue weighted by Crippen LogP contribution is -2.51. The van der Waals surface area contributed by atoms with Crippen LogP contribution in [-0.2, 0) is 14.3 Å². The highest BCUT2D eigenvalue weighted by Gasteiger charge is 2.59. The van der Waals surface area contributed by atoms with E-state index in [-0.39, 0.29) is 45.6 Å². The van der Waals surface area contributed by atoms with Gasteiger partial charge in [0.2, 0.25) is 11.4 Å². The van der Waals surface area contributed by atoms with E-state index < -0.39 is 34.7 Å². The highest BCUT2D eigenvalue weighted by atomic mass is 35.5. The van der Waals surface area contributed by atoms with Crippen molar-refractivity contribution in [2.45, 2.75) is 38.4 Å². The Morgan fingerprint density at radius 1 is 1.25 bits per heavy atom. The second-order valence-corrected chi connectivity index (χ2v) is 8.44. The van der Waals surface area contributed by atoms with Gasteiger partial charge in [-0.15, -0.1) is 0 Å². The van der Waals surface area contributed by atoms with Crippen molar-refractivity contribution in [3.63, 3.8) is 0 Å². The van der Waals surface area contributed by atoms with Gasteiger partial charge in [0.15, 0.2) is 17.3 Å². The summed E-state index contributed by atoms with van der Waals surface area (Å²) in [5.74, 6) is -3.04. The number of benzene rings is 1. The average molecular weight is 467 g/mol. The van der Waals surface area contributed by atoms with E-state index in [0.29, 0.717) is 0 Å². The third-order valence-electron chi connectivity index (χ3n) is 5.40. The second-order valence-electron chi connectivity index (χ2n) is 8.06. The lowest BCUT2D eigenvalue weighted by atomic mass is 9.75. The standard InChI is InChI=1S/C21H23ClN2O8/c1-9-6-10(25)7-13(31-5)21(9)17(26)14-12(30-4)8-11(15(22)16(14)32-21)18(27)23-24-19(28)20(2,3)29/h7-9,29H,6H2,1-5H3,(H,23,27)(H,24,28)/t9-,21+/m1/s1. The summed E-state index contributed by atoms with van der Waals surface area (Å²) in [7, 11) is 2.63. The number of amides is 2. The SMILES string of the molecule is COC1=CC(=O)C[C@@H](C)[C@]12Oc1c(Cl)c(C(=O)NNC(=O)C(C)(C)O)cc(OC)c1C2=O. The molecule has 1 aliphatic heterocycles. The number of hydrazine groups is 1. The lowest BCUT2D eigenvalue weighted by molar-refractivity contribution is -0.137. The first-order valence-corrected chi connectivity index (χ1v) is 10.0. The fourth-order valence-corrected chi connectivity index (χ4v) is 3.95. The predicted molar refractivity (Wildman–Crippen MR) is 111 cm³/mol. The van der Waals surface area contributed by atoms with Crippen molar-refractivity contribution >= 4 is 35.0 Å². The number of hydrogen-bond acceptors (Lipinski definition) is 8. The summed E-state index contributed by atoms with van der Waals surface area (Å²) < 4.78 is 16.7. The molecule has 0 saturated carbocycles. The quantitative estimate of drug-likeness (QED) is 0.564. The maximum atomic E-state index is 13.5. The van der Waals surface area contributed by atoms with Crippen LogP contribution in [0.4, 0.5) is 0 Å². The fraction of sp³-hybridized carbons (Fsp3) is 0.429. The number of carbonyl (C=O) groups is 4. The van der Waals surface area contributed by atoms with Crippen LogP contribution in [-0.4, -0.2) is 53.9 Å². The highest BCUT2D eigenvalue weighted by molar-refractivity contribution is 6.37. The smallest absolute Gasteiger partial charge is 0.271 e. The van der Waals surface area contributed by atoms with Gasteiger partial charge >= 0.3 is 0 Å². The van der Waals surface area contributed by atoms with Crippen LogP contribution in [0.5, 0.6) is 11.5 Å². The van der Waals surface area contributed by atoms with Crippen LogP contribution >= 0.6 is 11.6 Å². The molecular weight excluding hydrogens is 444 g/mol. The molecule has 0 bridgehead atoms. The van der Waals surface area contributed by atoms with Gasteiger partial charge in [0.1, 0.15) is 16.9 Å². The number of methoxy groups -OCH3 is 2. The van der Waals surface area contributed by atoms with E-state index in [4.69, 9.17) is 25.8 Å². The number of aliphatic hydroxyl groups is 1. The van der Waals surface area contributed by atoms with Crippen molar-refractivity contribution in [1.29, 1.82) is 0 Å². The summed E-state index contributed by atoms with van der Waals surface area (Å²) >= 11 is 6.44. The molecule has 0 unspecified atom stereocenters. The van der Waals surface area contributed by atoms with Crippen LogP contribution in [0.15, 0.2) is 17.9 Å². The third-order valence-corrected chi connectivity index (χ3v) is 5.78. The van der Waals surface area contributed by atoms with E-state index in [1.165, 1.54) is 40.2 Å². The maximum absolute atomic E-state index is 13.5. The van der Waals surface area contributed by atoms with Crippen LogP contribution in [0.2, 0.25) is 5.02 Å². The first kappa shape index (κ1) is 23.6. The molecule has 0 aromatic heterocycles. The molecule has 3 N–H and O–H groups in total. The summed E-state index contributed by atoms with van der Waals surface area (Å²) in [4.78, 5) is 50.0. The van der Waals surface area contributed by atoms with Crippen LogP contribution in [0.1, 0.15) is 47.9 Å². The van der Waals surface area contributed by atoms with Crippen molar-refractivity contribution in [3.05, 3.63) is 34.1 Å². The van der Waals surface area contributed by atoms with Crippen LogP contribution in [0.3, 0.4) is 0 Å². The molecule has 2 atom stereocenters. The third kappa shape index (κ3) is 3.59. The molecule has 172 valence electrons. The molecule has 11 heteroatoms. The minimum absolute atomic E-state index is 0.0127. The van der Waals surface area contributed by atoms with E-state index >= 15 is 0 Å². The fourth-order valence-electron chi connectivity index (χ4n) is 3.67. The number of fused-ring (bicyclic) bond motifs is 1. The van der Waals surface area contributed by atoms with Gasteiger partial charge in [0, 0.05) is 18.4 Å². The highest BCUT2D eigenvalue weighted by Crippen LogP contribution is 2.52. The van der Waals surface area contributed by atoms with E-state index in [9.17, 15) is 24.3 Å². The van der Waals surface area contributed by atoms with Crippen molar-refractivity contribution in [2.75, 3.05) is 14.2 Å². The molecule has 1 heterocycles. The molecule has 2 amide bonds. The zero-order valence-corrected chi connectivity index (χ0v) is 18.9. The molecule has 1 spiro atoms. The first-order valence-electron chi connectivity index (χ1n) is 9.64. The molecular formula is C21H23ClN2O8. The van der Waals surface area contributed by atoms with Crippen LogP contribution < -0.4 is 20.3 Å². The summed E-state index contributed by atoms with van der Waals surface area (Å²) in [5.41, 5.74) is 0.733. The summed E-state index contributed by atoms with van der Waals surface area (Å²) in [6.07, 6.45) is 1.26. The molecule has 2 aliphatic rings. The Hall–Kier alpha value is -3.11. The number of nitrogens with one attached hydrogen (secondary N) is 2. The van der Waals surface area contributed by atoms with E-state index in [1.807, 2.05) is 0 Å². The predicted octanol–water partition coefficient (Wildman–Crippen LogP) is 1.33. The normalized spacial score (nSPS) is 22.1. The summed E-state index contributed by atoms with van der Waals surface area (Å²) in [5, 5.41) is 9.49. The Kier molecular flexibility index (Phi) is 5.96. The number of Topliss-reactive ketones (excluding diaryl/α,β-unsaturated/α-hetero) is 1. The summed E-state index contributed by atoms with van der Waals surface area (Å²) in [6.45, 7) is 4.17. The van der Waals surface area contributed by atoms with E-state index in [2.05, 4.69) is 10.9 Å². The van der Waals surface area contributed by atoms with E-state index in [1.54, 1.807) is 6.92 Å². The Morgan fingerprint density at radius 2 is 1.91 bits per heavy atom. The van der Waals surface area contributed by atoms with Gasteiger partial charge in [-0.1, -0.05) is 18.5 Å². The van der Waals surface area contributed by atoms with Crippen LogP contribution in [0.25, 0.3) is 0 Å². The Bertz CT molecular complexity index is 1060. The molecule has 3 rings (SSSR count). The zero-order chi connectivity index (χ0) is 24.0. The van der Waals surface area contributed by atoms with E-state index in [0.717, 1.165) is 0 Å². The largest absolute Gasteiger partial charge is 0.496 e. The minimum atomic E-state index is -1.73. The van der Waals surface area contributed by atoms with Gasteiger partial charge < -0.3 is 19.3 Å². The van der Waals surface area contributed by atoms with Gasteiger partial charge in [0.25, 0.3) is 11.8 Å². The van der Waals surface area contributed by atoms with Gasteiger partial charge in [0.05, 0.1) is 24.8 Å². The molecule has 32 heavy (non-hydrogen) atoms. The number of rotatable bonds is 4. The Balaban J connectivity index is 2.05. The molecule has 10 nitrogen and oxygen atoms in total. The van der Waals surface area contributed by atoms with Crippen molar-refractivity contribution < 1.29 is 38.5 Å². The number of halogens is 1. The van der Waals surface area contributed by atoms with Gasteiger partial charge in [-0.3, -0.25) is 30.0 Å². The monoisotopic (exact) mass is 466 g/mol. The topological polar surface area (TPSA) is 140 Å². The molecule has 0 fully saturated rings. The van der Waals surface area contributed by atoms with Crippen molar-refractivity contribution in [3.8, 4) is 11.5 Å². The first-order chi connectivity index (χ1) is 14.9. The molecule has 1 aliphatic carbocycles. The average Bonchev–Trinajstić information content (AvgIpc) is 3.03. The lowest BCUT2D eigenvalue weighted by Gasteiger charge is -2.36. The number of ether oxygens (including phenoxy) is 3. The molecule has 1 aromatic carbocycles. The van der Waals surface area contributed by atoms with Gasteiger partial charge in [-0.2, -0.15) is 0 Å². The number of allylic oxidation sites excluding steroid dienone is 1. The molecule has 1 aromatic rings. The van der Waals surface area contributed by atoms with Gasteiger partial charge in [-0.05, 0) is 19.9 Å². The Morgan fingerprint density at radius 3 is 2.47 bits per heavy atom. The van der Waals surface area contributed by atoms with Crippen molar-refractivity contribution in [2.24, 2.45) is 5.92 Å². The van der Waals surface area contributed by atoms with Crippen LogP contribution in [0, 0.1) is 5.92 Å². The minimum Gasteiger partial charge on any atom is -0.496 e. The van der Waals surface area contributed by atoms with Gasteiger partial charge in [-0.25, -0.2) is 0 Å². The zero-order valence-electron chi connectivity index (χ0n) is 18.1. The molecule has 0 saturated heterocycles. The molecule has 0 radical (unpaired) electrons.